The van der Waals surface area contributed by atoms with Crippen molar-refractivity contribution in [3.05, 3.63) is 59.7 Å². The van der Waals surface area contributed by atoms with Gasteiger partial charge in [-0.2, -0.15) is 0 Å². The Kier molecular flexibility index (Phi) is 4.72. The van der Waals surface area contributed by atoms with Crippen molar-refractivity contribution in [2.24, 2.45) is 0 Å². The molecule has 2 amide bonds. The fourth-order valence-electron chi connectivity index (χ4n) is 1.83. The molecule has 0 unspecified atom stereocenters. The zero-order valence-electron chi connectivity index (χ0n) is 12.1. The lowest BCUT2D eigenvalue weighted by Gasteiger charge is -2.08. The van der Waals surface area contributed by atoms with Gasteiger partial charge in [0.15, 0.2) is 0 Å². The first kappa shape index (κ1) is 14.8. The minimum atomic E-state index is -0.172. The second-order valence-electron chi connectivity index (χ2n) is 4.80. The van der Waals surface area contributed by atoms with Crippen LogP contribution in [0.3, 0.4) is 0 Å². The van der Waals surface area contributed by atoms with Crippen molar-refractivity contribution in [1.29, 1.82) is 0 Å². The summed E-state index contributed by atoms with van der Waals surface area (Å²) in [5.41, 5.74) is 3.03. The number of aryl methyl sites for hydroxylation is 1. The summed E-state index contributed by atoms with van der Waals surface area (Å²) in [6.07, 6.45) is 0.417. The zero-order valence-corrected chi connectivity index (χ0v) is 12.1. The molecule has 0 aliphatic rings. The monoisotopic (exact) mass is 282 g/mol. The number of hydrogen-bond acceptors (Lipinski definition) is 2. The van der Waals surface area contributed by atoms with Gasteiger partial charge in [0.25, 0.3) is 5.91 Å². The van der Waals surface area contributed by atoms with E-state index in [1.165, 1.54) is 0 Å². The van der Waals surface area contributed by atoms with Crippen molar-refractivity contribution >= 4 is 23.2 Å². The van der Waals surface area contributed by atoms with Crippen LogP contribution in [0.1, 0.15) is 29.3 Å². The maximum atomic E-state index is 12.1. The minimum Gasteiger partial charge on any atom is -0.326 e. The van der Waals surface area contributed by atoms with E-state index in [-0.39, 0.29) is 11.8 Å². The average Bonchev–Trinajstić information content (AvgIpc) is 2.48. The first-order valence-electron chi connectivity index (χ1n) is 6.86. The van der Waals surface area contributed by atoms with Gasteiger partial charge in [-0.3, -0.25) is 9.59 Å². The van der Waals surface area contributed by atoms with E-state index in [2.05, 4.69) is 10.6 Å². The highest BCUT2D eigenvalue weighted by atomic mass is 16.2. The van der Waals surface area contributed by atoms with Crippen molar-refractivity contribution in [2.75, 3.05) is 10.6 Å². The van der Waals surface area contributed by atoms with E-state index in [9.17, 15) is 9.59 Å². The van der Waals surface area contributed by atoms with Crippen molar-refractivity contribution in [3.8, 4) is 0 Å². The molecule has 0 fully saturated rings. The van der Waals surface area contributed by atoms with Gasteiger partial charge in [0, 0.05) is 23.4 Å². The van der Waals surface area contributed by atoms with Gasteiger partial charge in [0.05, 0.1) is 0 Å². The molecule has 0 atom stereocenters. The van der Waals surface area contributed by atoms with Crippen LogP contribution in [0.2, 0.25) is 0 Å². The van der Waals surface area contributed by atoms with E-state index in [0.29, 0.717) is 23.4 Å². The fraction of sp³-hybridized carbons (Fsp3) is 0.176. The van der Waals surface area contributed by atoms with E-state index in [4.69, 9.17) is 0 Å². The summed E-state index contributed by atoms with van der Waals surface area (Å²) < 4.78 is 0. The van der Waals surface area contributed by atoms with Gasteiger partial charge in [-0.25, -0.2) is 0 Å². The fourth-order valence-corrected chi connectivity index (χ4v) is 1.83. The summed E-state index contributed by atoms with van der Waals surface area (Å²) >= 11 is 0. The minimum absolute atomic E-state index is 0.0583. The smallest absolute Gasteiger partial charge is 0.255 e. The third-order valence-corrected chi connectivity index (χ3v) is 3.04. The number of amides is 2. The van der Waals surface area contributed by atoms with Gasteiger partial charge in [0.1, 0.15) is 0 Å². The van der Waals surface area contributed by atoms with Crippen LogP contribution in [-0.2, 0) is 4.79 Å². The van der Waals surface area contributed by atoms with E-state index >= 15 is 0 Å². The summed E-state index contributed by atoms with van der Waals surface area (Å²) in [6.45, 7) is 3.76. The molecule has 0 heterocycles. The number of benzene rings is 2. The van der Waals surface area contributed by atoms with E-state index in [1.54, 1.807) is 43.3 Å². The number of carbonyl (C=O) groups is 2. The van der Waals surface area contributed by atoms with Crippen LogP contribution in [0.25, 0.3) is 0 Å². The Balaban J connectivity index is 2.08. The average molecular weight is 282 g/mol. The molecular weight excluding hydrogens is 264 g/mol. The standard InChI is InChI=1S/C17H18N2O2/c1-3-16(20)18-14-5-4-6-15(11-14)19-17(21)13-9-7-12(2)8-10-13/h4-11H,3H2,1-2H3,(H,18,20)(H,19,21). The molecule has 0 aliphatic carbocycles. The third-order valence-electron chi connectivity index (χ3n) is 3.04. The molecule has 2 N–H and O–H groups in total. The molecule has 0 radical (unpaired) electrons. The Morgan fingerprint density at radius 1 is 0.952 bits per heavy atom. The molecule has 4 heteroatoms. The molecule has 0 aromatic heterocycles. The molecule has 2 aromatic rings. The predicted molar refractivity (Wildman–Crippen MR) is 84.5 cm³/mol. The molecule has 0 spiro atoms. The van der Waals surface area contributed by atoms with Gasteiger partial charge < -0.3 is 10.6 Å². The van der Waals surface area contributed by atoms with E-state index < -0.39 is 0 Å². The number of nitrogens with one attached hydrogen (secondary N) is 2. The Hall–Kier alpha value is -2.62. The van der Waals surface area contributed by atoms with Crippen LogP contribution >= 0.6 is 0 Å². The summed E-state index contributed by atoms with van der Waals surface area (Å²) in [5.74, 6) is -0.231. The lowest BCUT2D eigenvalue weighted by atomic mass is 10.1. The molecular formula is C17H18N2O2. The zero-order chi connectivity index (χ0) is 15.2. The molecule has 108 valence electrons. The third kappa shape index (κ3) is 4.18. The van der Waals surface area contributed by atoms with Crippen molar-refractivity contribution in [1.82, 2.24) is 0 Å². The maximum absolute atomic E-state index is 12.1. The Labute approximate surface area is 124 Å². The van der Waals surface area contributed by atoms with Crippen LogP contribution in [0, 0.1) is 6.92 Å². The summed E-state index contributed by atoms with van der Waals surface area (Å²) in [7, 11) is 0. The first-order valence-corrected chi connectivity index (χ1v) is 6.86. The van der Waals surface area contributed by atoms with Crippen LogP contribution in [-0.4, -0.2) is 11.8 Å². The number of rotatable bonds is 4. The Morgan fingerprint density at radius 2 is 1.57 bits per heavy atom. The molecule has 0 bridgehead atoms. The van der Waals surface area contributed by atoms with Crippen LogP contribution in [0.5, 0.6) is 0 Å². The Bertz CT molecular complexity index is 648. The number of anilines is 2. The van der Waals surface area contributed by atoms with Gasteiger partial charge >= 0.3 is 0 Å². The first-order chi connectivity index (χ1) is 10.1. The normalized spacial score (nSPS) is 10.0. The van der Waals surface area contributed by atoms with Crippen molar-refractivity contribution in [3.63, 3.8) is 0 Å². The molecule has 2 rings (SSSR count). The van der Waals surface area contributed by atoms with Crippen LogP contribution in [0.15, 0.2) is 48.5 Å². The highest BCUT2D eigenvalue weighted by Gasteiger charge is 2.06. The lowest BCUT2D eigenvalue weighted by Crippen LogP contribution is -2.13. The molecule has 2 aromatic carbocycles. The summed E-state index contributed by atoms with van der Waals surface area (Å²) in [5, 5.41) is 5.58. The Morgan fingerprint density at radius 3 is 2.19 bits per heavy atom. The highest BCUT2D eigenvalue weighted by molar-refractivity contribution is 6.04. The van der Waals surface area contributed by atoms with Gasteiger partial charge in [-0.1, -0.05) is 30.7 Å². The topological polar surface area (TPSA) is 58.2 Å². The number of carbonyl (C=O) groups excluding carboxylic acids is 2. The highest BCUT2D eigenvalue weighted by Crippen LogP contribution is 2.16. The molecule has 0 saturated carbocycles. The van der Waals surface area contributed by atoms with E-state index in [0.717, 1.165) is 5.56 Å². The second kappa shape index (κ2) is 6.70. The molecule has 0 aliphatic heterocycles. The number of hydrogen-bond donors (Lipinski definition) is 2. The quantitative estimate of drug-likeness (QED) is 0.900. The van der Waals surface area contributed by atoms with Crippen molar-refractivity contribution < 1.29 is 9.59 Å². The molecule has 4 nitrogen and oxygen atoms in total. The van der Waals surface area contributed by atoms with Crippen LogP contribution in [0.4, 0.5) is 11.4 Å². The predicted octanol–water partition coefficient (Wildman–Crippen LogP) is 3.60. The largest absolute Gasteiger partial charge is 0.326 e. The lowest BCUT2D eigenvalue weighted by molar-refractivity contribution is -0.115. The molecule has 0 saturated heterocycles. The van der Waals surface area contributed by atoms with Crippen LogP contribution < -0.4 is 10.6 Å². The van der Waals surface area contributed by atoms with Gasteiger partial charge in [-0.15, -0.1) is 0 Å². The summed E-state index contributed by atoms with van der Waals surface area (Å²) in [6, 6.07) is 14.5. The maximum Gasteiger partial charge on any atom is 0.255 e. The van der Waals surface area contributed by atoms with Crippen molar-refractivity contribution in [2.45, 2.75) is 20.3 Å². The molecule has 21 heavy (non-hydrogen) atoms. The SMILES string of the molecule is CCC(=O)Nc1cccc(NC(=O)c2ccc(C)cc2)c1. The van der Waals surface area contributed by atoms with Gasteiger partial charge in [0.2, 0.25) is 5.91 Å². The summed E-state index contributed by atoms with van der Waals surface area (Å²) in [4.78, 5) is 23.5. The second-order valence-corrected chi connectivity index (χ2v) is 4.80. The van der Waals surface area contributed by atoms with E-state index in [1.807, 2.05) is 19.1 Å². The van der Waals surface area contributed by atoms with Gasteiger partial charge in [-0.05, 0) is 37.3 Å².